The Morgan fingerprint density at radius 2 is 2.50 bits per heavy atom. The van der Waals surface area contributed by atoms with Crippen LogP contribution in [0.1, 0.15) is 19.8 Å². The van der Waals surface area contributed by atoms with E-state index in [1.54, 1.807) is 0 Å². The van der Waals surface area contributed by atoms with Crippen LogP contribution in [0.2, 0.25) is 0 Å². The van der Waals surface area contributed by atoms with Crippen LogP contribution in [0, 0.1) is 0 Å². The van der Waals surface area contributed by atoms with Crippen molar-refractivity contribution in [3.8, 4) is 0 Å². The third-order valence-corrected chi connectivity index (χ3v) is 2.24. The van der Waals surface area contributed by atoms with Crippen LogP contribution in [0.3, 0.4) is 0 Å². The zero-order valence-corrected chi connectivity index (χ0v) is 7.66. The van der Waals surface area contributed by atoms with Gasteiger partial charge in [0.1, 0.15) is 6.29 Å². The molecule has 1 fully saturated rings. The first-order chi connectivity index (χ1) is 5.86. The number of hydrogen-bond donors (Lipinski definition) is 0. The first kappa shape index (κ1) is 9.68. The largest absolute Gasteiger partial charge is 0.376 e. The quantitative estimate of drug-likeness (QED) is 0.583. The lowest BCUT2D eigenvalue weighted by Crippen LogP contribution is -2.42. The molecule has 0 spiro atoms. The summed E-state index contributed by atoms with van der Waals surface area (Å²) >= 11 is 0. The molecule has 1 atom stereocenters. The summed E-state index contributed by atoms with van der Waals surface area (Å²) in [7, 11) is 0. The van der Waals surface area contributed by atoms with Gasteiger partial charge in [-0.3, -0.25) is 4.90 Å². The molecule has 12 heavy (non-hydrogen) atoms. The van der Waals surface area contributed by atoms with Gasteiger partial charge in [0.05, 0.1) is 12.7 Å². The van der Waals surface area contributed by atoms with E-state index in [1.807, 2.05) is 0 Å². The number of hydrogen-bond acceptors (Lipinski definition) is 3. The molecular formula is C9H17NO2. The van der Waals surface area contributed by atoms with Gasteiger partial charge in [0.2, 0.25) is 0 Å². The Balaban J connectivity index is 2.20. The standard InChI is InChI=1S/C9H17NO2/c1-2-9-8-10(4-3-6-11)5-7-12-9/h6,9H,2-5,7-8H2,1H3. The molecule has 0 amide bonds. The molecule has 0 radical (unpaired) electrons. The molecule has 3 heteroatoms. The molecule has 0 N–H and O–H groups in total. The van der Waals surface area contributed by atoms with Gasteiger partial charge in [-0.2, -0.15) is 0 Å². The first-order valence-electron chi connectivity index (χ1n) is 4.64. The van der Waals surface area contributed by atoms with Gasteiger partial charge in [-0.25, -0.2) is 0 Å². The zero-order valence-electron chi connectivity index (χ0n) is 7.66. The van der Waals surface area contributed by atoms with E-state index in [2.05, 4.69) is 11.8 Å². The lowest BCUT2D eigenvalue weighted by atomic mass is 10.2. The number of aldehydes is 1. The first-order valence-corrected chi connectivity index (χ1v) is 4.64. The van der Waals surface area contributed by atoms with Crippen molar-refractivity contribution in [3.05, 3.63) is 0 Å². The van der Waals surface area contributed by atoms with Gasteiger partial charge < -0.3 is 9.53 Å². The average molecular weight is 171 g/mol. The lowest BCUT2D eigenvalue weighted by molar-refractivity contribution is -0.108. The summed E-state index contributed by atoms with van der Waals surface area (Å²) < 4.78 is 5.51. The van der Waals surface area contributed by atoms with Crippen molar-refractivity contribution in [2.45, 2.75) is 25.9 Å². The third kappa shape index (κ3) is 2.91. The van der Waals surface area contributed by atoms with Gasteiger partial charge in [0.25, 0.3) is 0 Å². The van der Waals surface area contributed by atoms with Gasteiger partial charge in [-0.05, 0) is 6.42 Å². The maximum Gasteiger partial charge on any atom is 0.121 e. The van der Waals surface area contributed by atoms with E-state index in [-0.39, 0.29) is 0 Å². The van der Waals surface area contributed by atoms with Crippen LogP contribution in [-0.4, -0.2) is 43.5 Å². The maximum absolute atomic E-state index is 10.1. The highest BCUT2D eigenvalue weighted by atomic mass is 16.5. The number of morpholine rings is 1. The number of rotatable bonds is 4. The predicted molar refractivity (Wildman–Crippen MR) is 47.2 cm³/mol. The molecule has 0 aromatic carbocycles. The van der Waals surface area contributed by atoms with E-state index < -0.39 is 0 Å². The molecule has 0 aliphatic carbocycles. The summed E-state index contributed by atoms with van der Waals surface area (Å²) in [6, 6.07) is 0. The van der Waals surface area contributed by atoms with E-state index in [0.29, 0.717) is 12.5 Å². The number of nitrogens with zero attached hydrogens (tertiary/aromatic N) is 1. The molecule has 1 heterocycles. The lowest BCUT2D eigenvalue weighted by Gasteiger charge is -2.31. The average Bonchev–Trinajstić information content (AvgIpc) is 2.15. The van der Waals surface area contributed by atoms with Crippen LogP contribution in [0.15, 0.2) is 0 Å². The molecule has 1 unspecified atom stereocenters. The molecule has 1 aliphatic heterocycles. The van der Waals surface area contributed by atoms with Crippen LogP contribution in [0.5, 0.6) is 0 Å². The summed E-state index contributed by atoms with van der Waals surface area (Å²) in [5.74, 6) is 0. The van der Waals surface area contributed by atoms with Crippen molar-refractivity contribution < 1.29 is 9.53 Å². The van der Waals surface area contributed by atoms with Crippen molar-refractivity contribution in [3.63, 3.8) is 0 Å². The van der Waals surface area contributed by atoms with Crippen molar-refractivity contribution in [1.29, 1.82) is 0 Å². The normalized spacial score (nSPS) is 25.6. The van der Waals surface area contributed by atoms with Gasteiger partial charge in [-0.1, -0.05) is 6.92 Å². The third-order valence-electron chi connectivity index (χ3n) is 2.24. The van der Waals surface area contributed by atoms with E-state index in [9.17, 15) is 4.79 Å². The van der Waals surface area contributed by atoms with Gasteiger partial charge in [0, 0.05) is 26.1 Å². The van der Waals surface area contributed by atoms with Crippen LogP contribution in [0.25, 0.3) is 0 Å². The second-order valence-electron chi connectivity index (χ2n) is 3.16. The summed E-state index contributed by atoms with van der Waals surface area (Å²) in [5.41, 5.74) is 0. The molecule has 3 nitrogen and oxygen atoms in total. The zero-order chi connectivity index (χ0) is 8.81. The SMILES string of the molecule is CCC1CN(CCC=O)CCO1. The monoisotopic (exact) mass is 171 g/mol. The Kier molecular flexibility index (Phi) is 4.25. The van der Waals surface area contributed by atoms with E-state index in [0.717, 1.165) is 38.9 Å². The topological polar surface area (TPSA) is 29.5 Å². The number of carbonyl (C=O) groups is 1. The second-order valence-corrected chi connectivity index (χ2v) is 3.16. The van der Waals surface area contributed by atoms with Crippen LogP contribution < -0.4 is 0 Å². The van der Waals surface area contributed by atoms with Crippen molar-refractivity contribution >= 4 is 6.29 Å². The van der Waals surface area contributed by atoms with Crippen LogP contribution in [-0.2, 0) is 9.53 Å². The fourth-order valence-corrected chi connectivity index (χ4v) is 1.47. The fourth-order valence-electron chi connectivity index (χ4n) is 1.47. The smallest absolute Gasteiger partial charge is 0.121 e. The highest BCUT2D eigenvalue weighted by molar-refractivity contribution is 5.49. The van der Waals surface area contributed by atoms with Gasteiger partial charge in [0.15, 0.2) is 0 Å². The Morgan fingerprint density at radius 3 is 3.17 bits per heavy atom. The summed E-state index contributed by atoms with van der Waals surface area (Å²) in [4.78, 5) is 12.4. The van der Waals surface area contributed by atoms with Crippen LogP contribution in [0.4, 0.5) is 0 Å². The van der Waals surface area contributed by atoms with E-state index in [4.69, 9.17) is 4.74 Å². The number of ether oxygens (including phenoxy) is 1. The highest BCUT2D eigenvalue weighted by Crippen LogP contribution is 2.07. The minimum absolute atomic E-state index is 0.380. The Morgan fingerprint density at radius 1 is 1.67 bits per heavy atom. The van der Waals surface area contributed by atoms with Crippen LogP contribution >= 0.6 is 0 Å². The Hall–Kier alpha value is -0.410. The molecule has 1 saturated heterocycles. The molecule has 70 valence electrons. The van der Waals surface area contributed by atoms with Gasteiger partial charge >= 0.3 is 0 Å². The van der Waals surface area contributed by atoms with Crippen molar-refractivity contribution in [2.24, 2.45) is 0 Å². The van der Waals surface area contributed by atoms with Gasteiger partial charge in [-0.15, -0.1) is 0 Å². The van der Waals surface area contributed by atoms with E-state index >= 15 is 0 Å². The summed E-state index contributed by atoms with van der Waals surface area (Å²) in [5, 5.41) is 0. The van der Waals surface area contributed by atoms with Crippen molar-refractivity contribution in [1.82, 2.24) is 4.90 Å². The summed E-state index contributed by atoms with van der Waals surface area (Å²) in [6.45, 7) is 5.81. The minimum Gasteiger partial charge on any atom is -0.376 e. The highest BCUT2D eigenvalue weighted by Gasteiger charge is 2.17. The summed E-state index contributed by atoms with van der Waals surface area (Å²) in [6.07, 6.45) is 3.08. The number of carbonyl (C=O) groups excluding carboxylic acids is 1. The fraction of sp³-hybridized carbons (Fsp3) is 0.889. The molecular weight excluding hydrogens is 154 g/mol. The molecule has 0 bridgehead atoms. The molecule has 0 saturated carbocycles. The Labute approximate surface area is 73.7 Å². The maximum atomic E-state index is 10.1. The molecule has 0 aromatic rings. The van der Waals surface area contributed by atoms with E-state index in [1.165, 1.54) is 0 Å². The minimum atomic E-state index is 0.380. The molecule has 1 aliphatic rings. The second kappa shape index (κ2) is 5.27. The Bertz CT molecular complexity index is 138. The van der Waals surface area contributed by atoms with Crippen molar-refractivity contribution in [2.75, 3.05) is 26.2 Å². The predicted octanol–water partition coefficient (Wildman–Crippen LogP) is 0.686. The molecule has 1 rings (SSSR count). The molecule has 0 aromatic heterocycles.